The molecular weight excluding hydrogens is 210 g/mol. The van der Waals surface area contributed by atoms with Crippen molar-refractivity contribution in [1.29, 1.82) is 0 Å². The van der Waals surface area contributed by atoms with Gasteiger partial charge in [-0.1, -0.05) is 0 Å². The van der Waals surface area contributed by atoms with Crippen molar-refractivity contribution < 1.29 is 14.4 Å². The monoisotopic (exact) mass is 223 g/mol. The molecule has 1 atom stereocenters. The predicted molar refractivity (Wildman–Crippen MR) is 56.9 cm³/mol. The van der Waals surface area contributed by atoms with Crippen molar-refractivity contribution in [2.45, 2.75) is 25.7 Å². The Bertz CT molecular complexity index is 357. The lowest BCUT2D eigenvalue weighted by molar-refractivity contribution is -0.384. The minimum Gasteiger partial charge on any atom is -0.353 e. The van der Waals surface area contributed by atoms with E-state index in [9.17, 15) is 10.1 Å². The van der Waals surface area contributed by atoms with Crippen molar-refractivity contribution in [3.63, 3.8) is 0 Å². The maximum atomic E-state index is 10.4. The second-order valence-corrected chi connectivity index (χ2v) is 3.68. The maximum absolute atomic E-state index is 10.4. The molecule has 1 unspecified atom stereocenters. The largest absolute Gasteiger partial charge is 0.353 e. The van der Waals surface area contributed by atoms with Crippen molar-refractivity contribution in [1.82, 2.24) is 0 Å². The summed E-state index contributed by atoms with van der Waals surface area (Å²) in [5.41, 5.74) is 1.02. The molecule has 1 aliphatic heterocycles. The number of benzene rings is 1. The lowest BCUT2D eigenvalue weighted by Crippen LogP contribution is -2.10. The molecule has 1 heterocycles. The highest BCUT2D eigenvalue weighted by Gasteiger charge is 2.15. The minimum absolute atomic E-state index is 0.0980. The van der Waals surface area contributed by atoms with Gasteiger partial charge in [-0.15, -0.1) is 0 Å². The van der Waals surface area contributed by atoms with Crippen molar-refractivity contribution in [3.05, 3.63) is 39.9 Å². The zero-order valence-corrected chi connectivity index (χ0v) is 8.80. The van der Waals surface area contributed by atoms with Crippen molar-refractivity contribution in [2.75, 3.05) is 6.61 Å². The smallest absolute Gasteiger partial charge is 0.269 e. The van der Waals surface area contributed by atoms with Crippen LogP contribution in [0.15, 0.2) is 24.3 Å². The third-order valence-electron chi connectivity index (χ3n) is 2.47. The average Bonchev–Trinajstić information content (AvgIpc) is 2.80. The fourth-order valence-electron chi connectivity index (χ4n) is 1.58. The number of hydrogen-bond donors (Lipinski definition) is 0. The first-order valence-electron chi connectivity index (χ1n) is 5.22. The normalized spacial score (nSPS) is 19.9. The molecule has 1 fully saturated rings. The van der Waals surface area contributed by atoms with Crippen LogP contribution in [0.1, 0.15) is 18.4 Å². The van der Waals surface area contributed by atoms with Gasteiger partial charge in [0.1, 0.15) is 0 Å². The fourth-order valence-corrected chi connectivity index (χ4v) is 1.58. The molecule has 0 bridgehead atoms. The zero-order valence-electron chi connectivity index (χ0n) is 8.80. The van der Waals surface area contributed by atoms with Crippen molar-refractivity contribution in [3.8, 4) is 0 Å². The highest BCUT2D eigenvalue weighted by molar-refractivity contribution is 5.32. The molecule has 0 radical (unpaired) electrons. The fraction of sp³-hybridized carbons (Fsp3) is 0.455. The SMILES string of the molecule is O=[N+]([O-])c1ccc(COC2CCCO2)cc1. The molecule has 0 spiro atoms. The summed E-state index contributed by atoms with van der Waals surface area (Å²) in [6.45, 7) is 1.19. The van der Waals surface area contributed by atoms with Crippen LogP contribution in [0, 0.1) is 10.1 Å². The molecule has 0 aromatic heterocycles. The first-order valence-corrected chi connectivity index (χ1v) is 5.22. The third kappa shape index (κ3) is 2.77. The van der Waals surface area contributed by atoms with Crippen molar-refractivity contribution >= 4 is 5.69 Å². The Balaban J connectivity index is 1.87. The van der Waals surface area contributed by atoms with Gasteiger partial charge >= 0.3 is 0 Å². The van der Waals surface area contributed by atoms with Crippen LogP contribution in [-0.2, 0) is 16.1 Å². The van der Waals surface area contributed by atoms with Crippen LogP contribution in [0.25, 0.3) is 0 Å². The number of nitro groups is 1. The number of non-ortho nitro benzene ring substituents is 1. The lowest BCUT2D eigenvalue weighted by Gasteiger charge is -2.10. The molecule has 0 saturated carbocycles. The van der Waals surface area contributed by atoms with E-state index in [1.54, 1.807) is 12.1 Å². The van der Waals surface area contributed by atoms with Crippen LogP contribution in [0.3, 0.4) is 0 Å². The van der Waals surface area contributed by atoms with Crippen LogP contribution < -0.4 is 0 Å². The zero-order chi connectivity index (χ0) is 11.4. The van der Waals surface area contributed by atoms with Gasteiger partial charge in [-0.3, -0.25) is 10.1 Å². The molecule has 2 rings (SSSR count). The van der Waals surface area contributed by atoms with E-state index in [2.05, 4.69) is 0 Å². The maximum Gasteiger partial charge on any atom is 0.269 e. The van der Waals surface area contributed by atoms with E-state index in [0.717, 1.165) is 25.0 Å². The Labute approximate surface area is 93.1 Å². The van der Waals surface area contributed by atoms with Gasteiger partial charge in [0.15, 0.2) is 6.29 Å². The molecule has 1 aromatic carbocycles. The summed E-state index contributed by atoms with van der Waals surface area (Å²) in [5, 5.41) is 10.4. The van der Waals surface area contributed by atoms with Gasteiger partial charge in [-0.05, 0) is 24.1 Å². The highest BCUT2D eigenvalue weighted by atomic mass is 16.7. The lowest BCUT2D eigenvalue weighted by atomic mass is 10.2. The van der Waals surface area contributed by atoms with Crippen LogP contribution in [0.2, 0.25) is 0 Å². The van der Waals surface area contributed by atoms with Gasteiger partial charge in [0.05, 0.1) is 11.5 Å². The molecule has 0 aliphatic carbocycles. The molecule has 86 valence electrons. The standard InChI is InChI=1S/C11H13NO4/c13-12(14)10-5-3-9(4-6-10)8-16-11-2-1-7-15-11/h3-6,11H,1-2,7-8H2. The average molecular weight is 223 g/mol. The molecule has 0 N–H and O–H groups in total. The Morgan fingerprint density at radius 1 is 1.44 bits per heavy atom. The molecule has 16 heavy (non-hydrogen) atoms. The first kappa shape index (κ1) is 11.0. The summed E-state index contributed by atoms with van der Waals surface area (Å²) in [6, 6.07) is 6.36. The summed E-state index contributed by atoms with van der Waals surface area (Å²) in [7, 11) is 0. The Hall–Kier alpha value is -1.46. The Kier molecular flexibility index (Phi) is 3.48. The van der Waals surface area contributed by atoms with E-state index in [4.69, 9.17) is 9.47 Å². The second kappa shape index (κ2) is 5.05. The van der Waals surface area contributed by atoms with E-state index < -0.39 is 4.92 Å². The van der Waals surface area contributed by atoms with Gasteiger partial charge in [0, 0.05) is 25.2 Å². The predicted octanol–water partition coefficient (Wildman–Crippen LogP) is 2.25. The van der Waals surface area contributed by atoms with E-state index in [0.29, 0.717) is 6.61 Å². The van der Waals surface area contributed by atoms with Gasteiger partial charge < -0.3 is 9.47 Å². The molecule has 1 saturated heterocycles. The molecule has 0 amide bonds. The topological polar surface area (TPSA) is 61.6 Å². The van der Waals surface area contributed by atoms with Crippen LogP contribution in [-0.4, -0.2) is 17.8 Å². The summed E-state index contributed by atoms with van der Waals surface area (Å²) >= 11 is 0. The Morgan fingerprint density at radius 3 is 2.75 bits per heavy atom. The van der Waals surface area contributed by atoms with E-state index in [1.165, 1.54) is 12.1 Å². The molecule has 1 aliphatic rings. The summed E-state index contributed by atoms with van der Waals surface area (Å²) in [4.78, 5) is 10.0. The minimum atomic E-state index is -0.412. The third-order valence-corrected chi connectivity index (χ3v) is 2.47. The number of nitro benzene ring substituents is 1. The molecule has 5 nitrogen and oxygen atoms in total. The number of hydrogen-bond acceptors (Lipinski definition) is 4. The summed E-state index contributed by atoms with van der Waals surface area (Å²) in [6.07, 6.45) is 1.84. The number of rotatable bonds is 4. The van der Waals surface area contributed by atoms with Gasteiger partial charge in [-0.2, -0.15) is 0 Å². The highest BCUT2D eigenvalue weighted by Crippen LogP contribution is 2.17. The van der Waals surface area contributed by atoms with Crippen LogP contribution in [0.4, 0.5) is 5.69 Å². The van der Waals surface area contributed by atoms with E-state index in [-0.39, 0.29) is 12.0 Å². The van der Waals surface area contributed by atoms with Crippen LogP contribution in [0.5, 0.6) is 0 Å². The molecule has 1 aromatic rings. The number of ether oxygens (including phenoxy) is 2. The summed E-state index contributed by atoms with van der Waals surface area (Å²) < 4.78 is 10.8. The number of nitrogens with zero attached hydrogens (tertiary/aromatic N) is 1. The van der Waals surface area contributed by atoms with Crippen molar-refractivity contribution in [2.24, 2.45) is 0 Å². The summed E-state index contributed by atoms with van der Waals surface area (Å²) in [5.74, 6) is 0. The quantitative estimate of drug-likeness (QED) is 0.580. The first-order chi connectivity index (χ1) is 7.75. The van der Waals surface area contributed by atoms with Gasteiger partial charge in [0.25, 0.3) is 5.69 Å². The van der Waals surface area contributed by atoms with Crippen LogP contribution >= 0.6 is 0 Å². The molecule has 5 heteroatoms. The van der Waals surface area contributed by atoms with Gasteiger partial charge in [-0.25, -0.2) is 0 Å². The second-order valence-electron chi connectivity index (χ2n) is 3.68. The Morgan fingerprint density at radius 2 is 2.19 bits per heavy atom. The van der Waals surface area contributed by atoms with Gasteiger partial charge in [0.2, 0.25) is 0 Å². The molecular formula is C11H13NO4. The van der Waals surface area contributed by atoms with E-state index in [1.807, 2.05) is 0 Å². The van der Waals surface area contributed by atoms with E-state index >= 15 is 0 Å².